The number of halogens is 3. The predicted molar refractivity (Wildman–Crippen MR) is 97.9 cm³/mol. The van der Waals surface area contributed by atoms with E-state index < -0.39 is 18.4 Å². The van der Waals surface area contributed by atoms with Crippen molar-refractivity contribution in [3.8, 4) is 5.75 Å². The van der Waals surface area contributed by atoms with Gasteiger partial charge in [0.05, 0.1) is 7.11 Å². The van der Waals surface area contributed by atoms with Gasteiger partial charge in [0.15, 0.2) is 0 Å². The molecule has 0 fully saturated rings. The molecule has 28 heavy (non-hydrogen) atoms. The van der Waals surface area contributed by atoms with Gasteiger partial charge in [0.1, 0.15) is 11.8 Å². The maximum atomic E-state index is 12.3. The van der Waals surface area contributed by atoms with E-state index in [1.807, 2.05) is 35.0 Å². The highest BCUT2D eigenvalue weighted by molar-refractivity contribution is 5.85. The number of benzene rings is 2. The van der Waals surface area contributed by atoms with Crippen LogP contribution in [0.4, 0.5) is 13.2 Å². The lowest BCUT2D eigenvalue weighted by atomic mass is 10.1. The second kappa shape index (κ2) is 7.93. The molecule has 148 valence electrons. The fraction of sp³-hybridized carbons (Fsp3) is 0.250. The first-order chi connectivity index (χ1) is 13.3. The quantitative estimate of drug-likeness (QED) is 0.651. The zero-order valence-corrected chi connectivity index (χ0v) is 15.1. The van der Waals surface area contributed by atoms with Crippen LogP contribution in [-0.2, 0) is 22.5 Å². The number of nitrogens with two attached hydrogens (primary N) is 1. The third-order valence-corrected chi connectivity index (χ3v) is 4.32. The lowest BCUT2D eigenvalue weighted by molar-refractivity contribution is -0.274. The summed E-state index contributed by atoms with van der Waals surface area (Å²) in [6.07, 6.45) is -2.50. The van der Waals surface area contributed by atoms with E-state index in [0.29, 0.717) is 13.0 Å². The second-order valence-corrected chi connectivity index (χ2v) is 6.32. The van der Waals surface area contributed by atoms with Crippen LogP contribution in [0.25, 0.3) is 10.9 Å². The number of hydrogen-bond donors (Lipinski definition) is 1. The molecule has 0 aliphatic rings. The highest BCUT2D eigenvalue weighted by Crippen LogP contribution is 2.26. The Morgan fingerprint density at radius 1 is 1.14 bits per heavy atom. The number of esters is 1. The third kappa shape index (κ3) is 4.64. The van der Waals surface area contributed by atoms with Crippen LogP contribution in [0.3, 0.4) is 0 Å². The highest BCUT2D eigenvalue weighted by atomic mass is 19.4. The molecule has 0 aliphatic carbocycles. The van der Waals surface area contributed by atoms with Gasteiger partial charge in [0.2, 0.25) is 0 Å². The first-order valence-corrected chi connectivity index (χ1v) is 8.51. The molecule has 0 spiro atoms. The SMILES string of the molecule is COC(=O)[C@@H](N)Cc1cn(Cc2ccc(OC(F)(F)F)cc2)c2ccccc12. The van der Waals surface area contributed by atoms with Crippen molar-refractivity contribution in [2.45, 2.75) is 25.4 Å². The third-order valence-electron chi connectivity index (χ3n) is 4.32. The summed E-state index contributed by atoms with van der Waals surface area (Å²) in [5, 5.41) is 0.957. The summed E-state index contributed by atoms with van der Waals surface area (Å²) in [6.45, 7) is 0.445. The van der Waals surface area contributed by atoms with E-state index in [2.05, 4.69) is 9.47 Å². The molecule has 1 atom stereocenters. The van der Waals surface area contributed by atoms with Crippen LogP contribution < -0.4 is 10.5 Å². The van der Waals surface area contributed by atoms with Gasteiger partial charge in [-0.05, 0) is 29.3 Å². The average molecular weight is 392 g/mol. The van der Waals surface area contributed by atoms with Crippen LogP contribution in [-0.4, -0.2) is 30.1 Å². The van der Waals surface area contributed by atoms with Gasteiger partial charge < -0.3 is 19.8 Å². The van der Waals surface area contributed by atoms with Gasteiger partial charge in [0, 0.05) is 30.1 Å². The molecule has 3 aromatic rings. The molecule has 0 aliphatic heterocycles. The van der Waals surface area contributed by atoms with Crippen LogP contribution in [0.2, 0.25) is 0 Å². The van der Waals surface area contributed by atoms with Gasteiger partial charge in [-0.1, -0.05) is 30.3 Å². The molecule has 0 saturated heterocycles. The number of methoxy groups -OCH3 is 1. The maximum Gasteiger partial charge on any atom is 0.573 e. The van der Waals surface area contributed by atoms with E-state index in [9.17, 15) is 18.0 Å². The van der Waals surface area contributed by atoms with Crippen LogP contribution in [0.5, 0.6) is 5.75 Å². The Bertz CT molecular complexity index is 965. The van der Waals surface area contributed by atoms with Crippen LogP contribution in [0.15, 0.2) is 54.7 Å². The van der Waals surface area contributed by atoms with Crippen LogP contribution in [0.1, 0.15) is 11.1 Å². The summed E-state index contributed by atoms with van der Waals surface area (Å²) in [5.41, 5.74) is 8.52. The molecule has 0 amide bonds. The van der Waals surface area contributed by atoms with Gasteiger partial charge in [-0.25, -0.2) is 0 Å². The molecule has 1 heterocycles. The Morgan fingerprint density at radius 3 is 2.46 bits per heavy atom. The largest absolute Gasteiger partial charge is 0.573 e. The van der Waals surface area contributed by atoms with Crippen molar-refractivity contribution in [3.63, 3.8) is 0 Å². The average Bonchev–Trinajstić information content (AvgIpc) is 2.99. The lowest BCUT2D eigenvalue weighted by Gasteiger charge is -2.10. The summed E-state index contributed by atoms with van der Waals surface area (Å²) in [6, 6.07) is 12.6. The zero-order chi connectivity index (χ0) is 20.3. The number of alkyl halides is 3. The summed E-state index contributed by atoms with van der Waals surface area (Å²) < 4.78 is 47.4. The molecule has 0 saturated carbocycles. The summed E-state index contributed by atoms with van der Waals surface area (Å²) >= 11 is 0. The second-order valence-electron chi connectivity index (χ2n) is 6.32. The number of fused-ring (bicyclic) bond motifs is 1. The van der Waals surface area contributed by atoms with Crippen molar-refractivity contribution in [2.75, 3.05) is 7.11 Å². The van der Waals surface area contributed by atoms with Crippen LogP contribution in [0, 0.1) is 0 Å². The lowest BCUT2D eigenvalue weighted by Crippen LogP contribution is -2.33. The highest BCUT2D eigenvalue weighted by Gasteiger charge is 2.30. The molecule has 2 N–H and O–H groups in total. The monoisotopic (exact) mass is 392 g/mol. The van der Waals surface area contributed by atoms with Gasteiger partial charge in [0.25, 0.3) is 0 Å². The number of carbonyl (C=O) groups is 1. The Hall–Kier alpha value is -3.00. The minimum absolute atomic E-state index is 0.265. The Balaban J connectivity index is 1.84. The van der Waals surface area contributed by atoms with Crippen molar-refractivity contribution in [1.82, 2.24) is 4.57 Å². The fourth-order valence-electron chi connectivity index (χ4n) is 3.08. The maximum absolute atomic E-state index is 12.3. The Labute approximate surface area is 159 Å². The first kappa shape index (κ1) is 19.8. The standard InChI is InChI=1S/C20H19F3N2O3/c1-27-19(26)17(24)10-14-12-25(18-5-3-2-4-16(14)18)11-13-6-8-15(9-7-13)28-20(21,22)23/h2-9,12,17H,10-11,24H2,1H3/t17-/m0/s1. The van der Waals surface area contributed by atoms with E-state index in [1.54, 1.807) is 12.1 Å². The van der Waals surface area contributed by atoms with Crippen molar-refractivity contribution < 1.29 is 27.4 Å². The molecule has 1 aromatic heterocycles. The molecule has 0 radical (unpaired) electrons. The molecule has 8 heteroatoms. The summed E-state index contributed by atoms with van der Waals surface area (Å²) in [5.74, 6) is -0.754. The van der Waals surface area contributed by atoms with Gasteiger partial charge in [-0.2, -0.15) is 0 Å². The normalized spacial score (nSPS) is 12.8. The van der Waals surface area contributed by atoms with Crippen molar-refractivity contribution in [2.24, 2.45) is 5.73 Å². The van der Waals surface area contributed by atoms with E-state index in [0.717, 1.165) is 22.0 Å². The topological polar surface area (TPSA) is 66.5 Å². The smallest absolute Gasteiger partial charge is 0.468 e. The molecule has 3 rings (SSSR count). The number of para-hydroxylation sites is 1. The van der Waals surface area contributed by atoms with E-state index in [1.165, 1.54) is 19.2 Å². The molecular weight excluding hydrogens is 373 g/mol. The van der Waals surface area contributed by atoms with Crippen molar-refractivity contribution in [3.05, 3.63) is 65.9 Å². The predicted octanol–water partition coefficient (Wildman–Crippen LogP) is 3.63. The van der Waals surface area contributed by atoms with E-state index >= 15 is 0 Å². The zero-order valence-electron chi connectivity index (χ0n) is 15.1. The fourth-order valence-corrected chi connectivity index (χ4v) is 3.08. The number of aromatic nitrogens is 1. The van der Waals surface area contributed by atoms with Gasteiger partial charge in [-0.15, -0.1) is 13.2 Å². The van der Waals surface area contributed by atoms with Gasteiger partial charge >= 0.3 is 12.3 Å². The molecule has 2 aromatic carbocycles. The molecule has 5 nitrogen and oxygen atoms in total. The Morgan fingerprint density at radius 2 is 1.82 bits per heavy atom. The molecular formula is C20H19F3N2O3. The number of ether oxygens (including phenoxy) is 2. The van der Waals surface area contributed by atoms with Crippen LogP contribution >= 0.6 is 0 Å². The van der Waals surface area contributed by atoms with Crippen molar-refractivity contribution in [1.29, 1.82) is 0 Å². The minimum Gasteiger partial charge on any atom is -0.468 e. The van der Waals surface area contributed by atoms with Gasteiger partial charge in [-0.3, -0.25) is 4.79 Å². The van der Waals surface area contributed by atoms with E-state index in [4.69, 9.17) is 5.73 Å². The number of rotatable bonds is 6. The van der Waals surface area contributed by atoms with Crippen molar-refractivity contribution >= 4 is 16.9 Å². The number of nitrogens with zero attached hydrogens (tertiary/aromatic N) is 1. The molecule has 0 bridgehead atoms. The number of hydrogen-bond acceptors (Lipinski definition) is 4. The minimum atomic E-state index is -4.72. The Kier molecular flexibility index (Phi) is 5.60. The summed E-state index contributed by atoms with van der Waals surface area (Å²) in [7, 11) is 1.29. The number of carbonyl (C=O) groups excluding carboxylic acids is 1. The molecule has 0 unspecified atom stereocenters. The first-order valence-electron chi connectivity index (χ1n) is 8.51. The van der Waals surface area contributed by atoms with E-state index in [-0.39, 0.29) is 5.75 Å². The summed E-state index contributed by atoms with van der Waals surface area (Å²) in [4.78, 5) is 11.6.